The molecule has 12 heteroatoms. The van der Waals surface area contributed by atoms with Gasteiger partial charge >= 0.3 is 6.18 Å². The Hall–Kier alpha value is -3.57. The van der Waals surface area contributed by atoms with Gasteiger partial charge in [0.2, 0.25) is 0 Å². The first kappa shape index (κ1) is 18.8. The molecule has 1 aliphatic heterocycles. The lowest BCUT2D eigenvalue weighted by Crippen LogP contribution is -2.20. The summed E-state index contributed by atoms with van der Waals surface area (Å²) in [4.78, 5) is 19.3. The van der Waals surface area contributed by atoms with Crippen molar-refractivity contribution in [3.63, 3.8) is 0 Å². The highest BCUT2D eigenvalue weighted by molar-refractivity contribution is 5.75. The van der Waals surface area contributed by atoms with Crippen LogP contribution in [0.2, 0.25) is 0 Å². The van der Waals surface area contributed by atoms with Crippen molar-refractivity contribution < 1.29 is 27.4 Å². The van der Waals surface area contributed by atoms with Crippen molar-refractivity contribution in [2.75, 3.05) is 13.2 Å². The van der Waals surface area contributed by atoms with Gasteiger partial charge in [0.25, 0.3) is 5.91 Å². The van der Waals surface area contributed by atoms with E-state index in [1.165, 1.54) is 0 Å². The maximum atomic E-state index is 12.8. The van der Waals surface area contributed by atoms with Gasteiger partial charge in [0.1, 0.15) is 42.5 Å². The minimum absolute atomic E-state index is 0.0202. The maximum absolute atomic E-state index is 12.8. The molecule has 0 atom stereocenters. The molecule has 9 nitrogen and oxygen atoms in total. The number of nitrogens with zero attached hydrogens (tertiary/aromatic N) is 5. The number of hydrogen-bond acceptors (Lipinski definition) is 6. The van der Waals surface area contributed by atoms with E-state index in [1.54, 1.807) is 29.0 Å². The van der Waals surface area contributed by atoms with E-state index in [2.05, 4.69) is 15.1 Å². The molecule has 0 saturated carbocycles. The van der Waals surface area contributed by atoms with Crippen molar-refractivity contribution >= 4 is 5.91 Å². The Morgan fingerprint density at radius 3 is 2.90 bits per heavy atom. The summed E-state index contributed by atoms with van der Waals surface area (Å²) in [6.07, 6.45) is -1.76. The summed E-state index contributed by atoms with van der Waals surface area (Å²) in [5, 5.41) is 3.65. The van der Waals surface area contributed by atoms with E-state index in [0.717, 1.165) is 11.0 Å². The summed E-state index contributed by atoms with van der Waals surface area (Å²) in [6, 6.07) is 4.93. The lowest BCUT2D eigenvalue weighted by atomic mass is 10.2. The molecule has 0 aliphatic carbocycles. The number of amides is 1. The molecule has 2 N–H and O–H groups in total. The minimum Gasteiger partial charge on any atom is -0.491 e. The Labute approximate surface area is 161 Å². The standard InChI is InChI=1S/C17H15F3N6O3/c18-17(19,20)8-26-16(22-9-23-26)12-6-25-3-4-28-13-5-10(29-7-14(21)27)1-2-11(13)15(25)24-12/h1-2,5-6,9H,3-4,7-8H2,(H2,21,27). The molecule has 0 unspecified atom stereocenters. The number of alkyl halides is 3. The molecule has 0 radical (unpaired) electrons. The smallest absolute Gasteiger partial charge is 0.408 e. The van der Waals surface area contributed by atoms with Crippen molar-refractivity contribution in [1.82, 2.24) is 24.3 Å². The zero-order valence-corrected chi connectivity index (χ0v) is 14.9. The van der Waals surface area contributed by atoms with Crippen LogP contribution < -0.4 is 15.2 Å². The summed E-state index contributed by atoms with van der Waals surface area (Å²) in [5.74, 6) is 0.790. The molecule has 2 aromatic heterocycles. The SMILES string of the molecule is NC(=O)COc1ccc2c(c1)OCCn1cc(-c3ncnn3CC(F)(F)F)nc1-2. The highest BCUT2D eigenvalue weighted by Crippen LogP contribution is 2.36. The molecule has 1 aliphatic rings. The number of benzene rings is 1. The first-order valence-corrected chi connectivity index (χ1v) is 8.50. The van der Waals surface area contributed by atoms with E-state index in [9.17, 15) is 18.0 Å². The highest BCUT2D eigenvalue weighted by Gasteiger charge is 2.31. The number of nitrogens with two attached hydrogens (primary N) is 1. The molecule has 0 bridgehead atoms. The highest BCUT2D eigenvalue weighted by atomic mass is 19.4. The maximum Gasteiger partial charge on any atom is 0.408 e. The topological polar surface area (TPSA) is 110 Å². The van der Waals surface area contributed by atoms with Gasteiger partial charge in [0.15, 0.2) is 12.4 Å². The van der Waals surface area contributed by atoms with Crippen LogP contribution in [0.5, 0.6) is 11.5 Å². The number of imidazole rings is 1. The third-order valence-corrected chi connectivity index (χ3v) is 4.12. The van der Waals surface area contributed by atoms with E-state index in [-0.39, 0.29) is 18.1 Å². The van der Waals surface area contributed by atoms with Crippen molar-refractivity contribution in [3.8, 4) is 34.4 Å². The molecule has 29 heavy (non-hydrogen) atoms. The number of primary amides is 1. The number of carbonyl (C=O) groups is 1. The molecule has 1 amide bonds. The molecule has 3 aromatic rings. The predicted octanol–water partition coefficient (Wildman–Crippen LogP) is 1.63. The number of halogens is 3. The van der Waals surface area contributed by atoms with Gasteiger partial charge < -0.3 is 19.8 Å². The number of aromatic nitrogens is 5. The summed E-state index contributed by atoms with van der Waals surface area (Å²) >= 11 is 0. The largest absolute Gasteiger partial charge is 0.491 e. The van der Waals surface area contributed by atoms with Gasteiger partial charge in [-0.15, -0.1) is 0 Å². The van der Waals surface area contributed by atoms with Gasteiger partial charge in [0.05, 0.1) is 12.1 Å². The molecule has 4 rings (SSSR count). The summed E-state index contributed by atoms with van der Waals surface area (Å²) < 4.78 is 51.9. The van der Waals surface area contributed by atoms with Gasteiger partial charge in [0, 0.05) is 12.3 Å². The first-order chi connectivity index (χ1) is 13.8. The quantitative estimate of drug-likeness (QED) is 0.687. The molecule has 0 fully saturated rings. The fourth-order valence-electron chi connectivity index (χ4n) is 2.96. The van der Waals surface area contributed by atoms with Crippen molar-refractivity contribution in [1.29, 1.82) is 0 Å². The zero-order chi connectivity index (χ0) is 20.6. The van der Waals surface area contributed by atoms with Gasteiger partial charge in [-0.25, -0.2) is 14.6 Å². The molecule has 1 aromatic carbocycles. The van der Waals surface area contributed by atoms with Crippen LogP contribution in [0.4, 0.5) is 13.2 Å². The Morgan fingerprint density at radius 2 is 2.14 bits per heavy atom. The van der Waals surface area contributed by atoms with Crippen LogP contribution in [0.25, 0.3) is 22.9 Å². The number of carbonyl (C=O) groups excluding carboxylic acids is 1. The second-order valence-electron chi connectivity index (χ2n) is 6.26. The normalized spacial score (nSPS) is 13.2. The molecule has 152 valence electrons. The van der Waals surface area contributed by atoms with Crippen molar-refractivity contribution in [3.05, 3.63) is 30.7 Å². The fraction of sp³-hybridized carbons (Fsp3) is 0.294. The zero-order valence-electron chi connectivity index (χ0n) is 14.9. The molecule has 0 saturated heterocycles. The second kappa shape index (κ2) is 7.11. The van der Waals surface area contributed by atoms with E-state index < -0.39 is 18.6 Å². The lowest BCUT2D eigenvalue weighted by molar-refractivity contribution is -0.142. The molecule has 3 heterocycles. The Kier molecular flexibility index (Phi) is 4.60. The van der Waals surface area contributed by atoms with E-state index >= 15 is 0 Å². The monoisotopic (exact) mass is 408 g/mol. The van der Waals surface area contributed by atoms with Crippen LogP contribution in [-0.4, -0.2) is 49.6 Å². The van der Waals surface area contributed by atoms with Gasteiger partial charge in [-0.3, -0.25) is 4.79 Å². The minimum atomic E-state index is -4.43. The van der Waals surface area contributed by atoms with Crippen LogP contribution >= 0.6 is 0 Å². The summed E-state index contributed by atoms with van der Waals surface area (Å²) in [7, 11) is 0. The van der Waals surface area contributed by atoms with E-state index in [4.69, 9.17) is 15.2 Å². The summed E-state index contributed by atoms with van der Waals surface area (Å²) in [6.45, 7) is -0.788. The van der Waals surface area contributed by atoms with Crippen LogP contribution in [0.3, 0.4) is 0 Å². The predicted molar refractivity (Wildman–Crippen MR) is 92.9 cm³/mol. The average Bonchev–Trinajstić information content (AvgIpc) is 3.22. The average molecular weight is 408 g/mol. The Bertz CT molecular complexity index is 1060. The number of rotatable bonds is 5. The number of hydrogen-bond donors (Lipinski definition) is 1. The molecular weight excluding hydrogens is 393 g/mol. The lowest BCUT2D eigenvalue weighted by Gasteiger charge is -2.10. The van der Waals surface area contributed by atoms with Crippen LogP contribution in [-0.2, 0) is 17.9 Å². The van der Waals surface area contributed by atoms with Crippen molar-refractivity contribution in [2.24, 2.45) is 5.73 Å². The Morgan fingerprint density at radius 1 is 1.31 bits per heavy atom. The second-order valence-corrected chi connectivity index (χ2v) is 6.26. The molecular formula is C17H15F3N6O3. The fourth-order valence-corrected chi connectivity index (χ4v) is 2.96. The first-order valence-electron chi connectivity index (χ1n) is 8.50. The van der Waals surface area contributed by atoms with Crippen LogP contribution in [0.15, 0.2) is 30.7 Å². The van der Waals surface area contributed by atoms with Gasteiger partial charge in [-0.2, -0.15) is 18.3 Å². The third-order valence-electron chi connectivity index (χ3n) is 4.12. The molecule has 0 spiro atoms. The van der Waals surface area contributed by atoms with Crippen LogP contribution in [0, 0.1) is 0 Å². The van der Waals surface area contributed by atoms with E-state index in [1.807, 2.05) is 0 Å². The van der Waals surface area contributed by atoms with Crippen LogP contribution in [0.1, 0.15) is 0 Å². The van der Waals surface area contributed by atoms with E-state index in [0.29, 0.717) is 36.0 Å². The number of ether oxygens (including phenoxy) is 2. The van der Waals surface area contributed by atoms with Crippen molar-refractivity contribution in [2.45, 2.75) is 19.3 Å². The number of fused-ring (bicyclic) bond motifs is 3. The third kappa shape index (κ3) is 4.00. The Balaban J connectivity index is 1.69. The van der Waals surface area contributed by atoms with Gasteiger partial charge in [-0.05, 0) is 12.1 Å². The van der Waals surface area contributed by atoms with Gasteiger partial charge in [-0.1, -0.05) is 0 Å². The summed E-state index contributed by atoms with van der Waals surface area (Å²) in [5.41, 5.74) is 5.97.